The number of ether oxygens (including phenoxy) is 1. The van der Waals surface area contributed by atoms with Gasteiger partial charge in [0.1, 0.15) is 18.0 Å². The Morgan fingerprint density at radius 1 is 1.39 bits per heavy atom. The molecule has 1 aromatic rings. The summed E-state index contributed by atoms with van der Waals surface area (Å²) in [4.78, 5) is 26.7. The number of aryl methyl sites for hydroxylation is 1. The number of nitrogens with zero attached hydrogens (tertiary/aromatic N) is 2. The van der Waals surface area contributed by atoms with Crippen LogP contribution >= 0.6 is 11.5 Å². The van der Waals surface area contributed by atoms with E-state index in [0.29, 0.717) is 11.0 Å². The van der Waals surface area contributed by atoms with Crippen LogP contribution < -0.4 is 10.6 Å². The van der Waals surface area contributed by atoms with Gasteiger partial charge in [0.05, 0.1) is 0 Å². The molecule has 1 aromatic heterocycles. The van der Waals surface area contributed by atoms with Gasteiger partial charge in [0, 0.05) is 11.5 Å². The lowest BCUT2D eigenvalue weighted by Gasteiger charge is -2.19. The second kappa shape index (κ2) is 5.76. The van der Waals surface area contributed by atoms with Gasteiger partial charge in [-0.3, -0.25) is 10.1 Å². The second-order valence-electron chi connectivity index (χ2n) is 4.55. The molecule has 0 saturated carbocycles. The van der Waals surface area contributed by atoms with E-state index in [1.807, 2.05) is 0 Å². The van der Waals surface area contributed by atoms with Crippen molar-refractivity contribution in [2.75, 3.05) is 11.9 Å². The SMILES string of the molecule is Cc1nsc(NC(=O)CNC(=O)OC(C)(C)C)n1. The minimum Gasteiger partial charge on any atom is -0.444 e. The van der Waals surface area contributed by atoms with Crippen molar-refractivity contribution in [1.29, 1.82) is 0 Å². The van der Waals surface area contributed by atoms with Crippen LogP contribution in [0.1, 0.15) is 26.6 Å². The number of amides is 2. The van der Waals surface area contributed by atoms with E-state index < -0.39 is 11.7 Å². The van der Waals surface area contributed by atoms with Gasteiger partial charge in [-0.2, -0.15) is 4.37 Å². The lowest BCUT2D eigenvalue weighted by Crippen LogP contribution is -2.37. The molecule has 0 radical (unpaired) electrons. The molecule has 0 bridgehead atoms. The summed E-state index contributed by atoms with van der Waals surface area (Å²) in [5, 5.41) is 5.27. The van der Waals surface area contributed by atoms with E-state index in [-0.39, 0.29) is 12.5 Å². The molecule has 0 spiro atoms. The van der Waals surface area contributed by atoms with Gasteiger partial charge in [-0.1, -0.05) is 0 Å². The van der Waals surface area contributed by atoms with E-state index >= 15 is 0 Å². The van der Waals surface area contributed by atoms with Crippen molar-refractivity contribution in [2.45, 2.75) is 33.3 Å². The van der Waals surface area contributed by atoms with Crippen LogP contribution in [-0.4, -0.2) is 33.5 Å². The zero-order valence-corrected chi connectivity index (χ0v) is 11.6. The Morgan fingerprint density at radius 3 is 2.56 bits per heavy atom. The van der Waals surface area contributed by atoms with Crippen molar-refractivity contribution in [1.82, 2.24) is 14.7 Å². The Hall–Kier alpha value is -1.70. The molecule has 0 unspecified atom stereocenters. The monoisotopic (exact) mass is 272 g/mol. The van der Waals surface area contributed by atoms with Gasteiger partial charge in [0.25, 0.3) is 0 Å². The lowest BCUT2D eigenvalue weighted by atomic mass is 10.2. The third-order valence-corrected chi connectivity index (χ3v) is 2.29. The third kappa shape index (κ3) is 5.58. The average Bonchev–Trinajstić information content (AvgIpc) is 2.58. The molecular formula is C10H16N4O3S. The maximum absolute atomic E-state index is 11.4. The van der Waals surface area contributed by atoms with Crippen molar-refractivity contribution in [3.63, 3.8) is 0 Å². The van der Waals surface area contributed by atoms with Crippen LogP contribution in [0.15, 0.2) is 0 Å². The Labute approximate surface area is 109 Å². The molecule has 2 amide bonds. The van der Waals surface area contributed by atoms with E-state index in [1.54, 1.807) is 27.7 Å². The van der Waals surface area contributed by atoms with Crippen molar-refractivity contribution >= 4 is 28.7 Å². The highest BCUT2D eigenvalue weighted by Crippen LogP contribution is 2.09. The molecule has 100 valence electrons. The van der Waals surface area contributed by atoms with Gasteiger partial charge < -0.3 is 10.1 Å². The fourth-order valence-corrected chi connectivity index (χ4v) is 1.57. The topological polar surface area (TPSA) is 93.2 Å². The van der Waals surface area contributed by atoms with E-state index in [0.717, 1.165) is 11.5 Å². The van der Waals surface area contributed by atoms with Crippen LogP contribution in [0.3, 0.4) is 0 Å². The summed E-state index contributed by atoms with van der Waals surface area (Å²) in [7, 11) is 0. The van der Waals surface area contributed by atoms with E-state index in [2.05, 4.69) is 20.0 Å². The molecule has 0 aliphatic rings. The lowest BCUT2D eigenvalue weighted by molar-refractivity contribution is -0.115. The molecule has 0 aromatic carbocycles. The highest BCUT2D eigenvalue weighted by atomic mass is 32.1. The molecule has 8 heteroatoms. The Kier molecular flexibility index (Phi) is 4.60. The van der Waals surface area contributed by atoms with Crippen molar-refractivity contribution in [3.8, 4) is 0 Å². The first-order chi connectivity index (χ1) is 8.26. The van der Waals surface area contributed by atoms with Crippen LogP contribution in [0.25, 0.3) is 0 Å². The number of rotatable bonds is 3. The molecule has 0 aliphatic heterocycles. The number of hydrogen-bond donors (Lipinski definition) is 2. The Balaban J connectivity index is 2.31. The van der Waals surface area contributed by atoms with Crippen LogP contribution in [0.2, 0.25) is 0 Å². The van der Waals surface area contributed by atoms with Crippen molar-refractivity contribution < 1.29 is 14.3 Å². The van der Waals surface area contributed by atoms with Crippen LogP contribution in [0.5, 0.6) is 0 Å². The number of hydrogen-bond acceptors (Lipinski definition) is 6. The maximum atomic E-state index is 11.4. The zero-order valence-electron chi connectivity index (χ0n) is 10.7. The molecule has 2 N–H and O–H groups in total. The highest BCUT2D eigenvalue weighted by molar-refractivity contribution is 7.09. The van der Waals surface area contributed by atoms with E-state index in [4.69, 9.17) is 4.74 Å². The molecule has 0 fully saturated rings. The summed E-state index contributed by atoms with van der Waals surface area (Å²) in [6.07, 6.45) is -0.633. The van der Waals surface area contributed by atoms with Gasteiger partial charge in [-0.05, 0) is 27.7 Å². The van der Waals surface area contributed by atoms with Crippen molar-refractivity contribution in [2.24, 2.45) is 0 Å². The normalized spacial score (nSPS) is 10.9. The van der Waals surface area contributed by atoms with Crippen molar-refractivity contribution in [3.05, 3.63) is 5.82 Å². The molecule has 0 atom stereocenters. The average molecular weight is 272 g/mol. The molecule has 1 heterocycles. The number of carbonyl (C=O) groups is 2. The van der Waals surface area contributed by atoms with Gasteiger partial charge in [0.2, 0.25) is 11.0 Å². The first-order valence-electron chi connectivity index (χ1n) is 5.33. The van der Waals surface area contributed by atoms with Gasteiger partial charge in [0.15, 0.2) is 0 Å². The molecular weight excluding hydrogens is 256 g/mol. The fourth-order valence-electron chi connectivity index (χ4n) is 0.978. The molecule has 0 saturated heterocycles. The molecule has 7 nitrogen and oxygen atoms in total. The quantitative estimate of drug-likeness (QED) is 0.865. The maximum Gasteiger partial charge on any atom is 0.408 e. The minimum absolute atomic E-state index is 0.173. The summed E-state index contributed by atoms with van der Waals surface area (Å²) in [5.41, 5.74) is -0.586. The summed E-state index contributed by atoms with van der Waals surface area (Å²) in [6.45, 7) is 6.79. The fraction of sp³-hybridized carbons (Fsp3) is 0.600. The minimum atomic E-state index is -0.633. The summed E-state index contributed by atoms with van der Waals surface area (Å²) >= 11 is 1.09. The number of alkyl carbamates (subject to hydrolysis) is 1. The Bertz CT molecular complexity index is 439. The van der Waals surface area contributed by atoms with E-state index in [1.165, 1.54) is 0 Å². The van der Waals surface area contributed by atoms with Crippen LogP contribution in [0, 0.1) is 6.92 Å². The standard InChI is InChI=1S/C10H16N4O3S/c1-6-12-8(18-14-6)13-7(15)5-11-9(16)17-10(2,3)4/h5H2,1-4H3,(H,11,16)(H,12,13,14,15). The third-order valence-electron chi connectivity index (χ3n) is 1.57. The molecule has 18 heavy (non-hydrogen) atoms. The summed E-state index contributed by atoms with van der Waals surface area (Å²) in [6, 6.07) is 0. The first kappa shape index (κ1) is 14.4. The first-order valence-corrected chi connectivity index (χ1v) is 6.10. The van der Waals surface area contributed by atoms with Gasteiger partial charge in [-0.25, -0.2) is 9.78 Å². The number of nitrogens with one attached hydrogen (secondary N) is 2. The van der Waals surface area contributed by atoms with Crippen LogP contribution in [0.4, 0.5) is 9.93 Å². The molecule has 1 rings (SSSR count). The molecule has 0 aliphatic carbocycles. The Morgan fingerprint density at radius 2 is 2.06 bits per heavy atom. The zero-order chi connectivity index (χ0) is 13.8. The summed E-state index contributed by atoms with van der Waals surface area (Å²) in [5.74, 6) is 0.215. The largest absolute Gasteiger partial charge is 0.444 e. The number of anilines is 1. The van der Waals surface area contributed by atoms with E-state index in [9.17, 15) is 9.59 Å². The smallest absolute Gasteiger partial charge is 0.408 e. The predicted octanol–water partition coefficient (Wildman–Crippen LogP) is 1.31. The van der Waals surface area contributed by atoms with Gasteiger partial charge in [-0.15, -0.1) is 0 Å². The van der Waals surface area contributed by atoms with Crippen LogP contribution in [-0.2, 0) is 9.53 Å². The summed E-state index contributed by atoms with van der Waals surface area (Å²) < 4.78 is 8.90. The number of aromatic nitrogens is 2. The number of carbonyl (C=O) groups excluding carboxylic acids is 2. The predicted molar refractivity (Wildman–Crippen MR) is 67.5 cm³/mol. The van der Waals surface area contributed by atoms with Gasteiger partial charge >= 0.3 is 6.09 Å². The second-order valence-corrected chi connectivity index (χ2v) is 5.30. The highest BCUT2D eigenvalue weighted by Gasteiger charge is 2.16.